The van der Waals surface area contributed by atoms with Crippen LogP contribution in [0.1, 0.15) is 63.3 Å². The maximum absolute atomic E-state index is 13.5. The molecule has 2 bridgehead atoms. The zero-order valence-electron chi connectivity index (χ0n) is 22.3. The molecule has 2 aromatic rings. The van der Waals surface area contributed by atoms with Gasteiger partial charge in [-0.3, -0.25) is 0 Å². The van der Waals surface area contributed by atoms with Crippen LogP contribution in [-0.2, 0) is 24.6 Å². The Bertz CT molecular complexity index is 1320. The van der Waals surface area contributed by atoms with Gasteiger partial charge < -0.3 is 24.6 Å². The molecule has 1 amide bonds. The molecule has 4 aliphatic rings. The number of carbonyl (C=O) groups is 2. The second kappa shape index (κ2) is 8.17. The summed E-state index contributed by atoms with van der Waals surface area (Å²) in [6.07, 6.45) is -1.48. The minimum Gasteiger partial charge on any atom is -0.460 e. The third-order valence-corrected chi connectivity index (χ3v) is 10.2. The van der Waals surface area contributed by atoms with Gasteiger partial charge >= 0.3 is 12.1 Å². The monoisotopic (exact) mass is 517 g/mol. The lowest BCUT2D eigenvalue weighted by molar-refractivity contribution is -0.172. The van der Waals surface area contributed by atoms with Gasteiger partial charge in [0.05, 0.1) is 12.6 Å². The van der Waals surface area contributed by atoms with Crippen LogP contribution in [0, 0.1) is 16.7 Å². The van der Waals surface area contributed by atoms with Crippen molar-refractivity contribution in [2.75, 3.05) is 6.61 Å². The molecule has 7 atom stereocenters. The van der Waals surface area contributed by atoms with E-state index in [4.69, 9.17) is 14.2 Å². The van der Waals surface area contributed by atoms with E-state index in [1.54, 1.807) is 31.2 Å². The number of rotatable bonds is 6. The van der Waals surface area contributed by atoms with Crippen molar-refractivity contribution >= 4 is 17.6 Å². The number of benzene rings is 2. The summed E-state index contributed by atoms with van der Waals surface area (Å²) in [6, 6.07) is 16.2. The third-order valence-electron chi connectivity index (χ3n) is 10.2. The Hall–Kier alpha value is -3.16. The quantitative estimate of drug-likeness (QED) is 0.418. The molecule has 7 heteroatoms. The topological polar surface area (TPSA) is 97.4 Å². The Morgan fingerprint density at radius 3 is 2.53 bits per heavy atom. The molecule has 0 aromatic heterocycles. The lowest BCUT2D eigenvalue weighted by Gasteiger charge is -2.45. The number of amides is 1. The zero-order chi connectivity index (χ0) is 27.1. The molecule has 3 aliphatic carbocycles. The SMILES string of the molecule is C=C1C[C@@]23O[C@]2(c2ccccc21)C1CC(OC(=O)[C@H](O)[C@@H](NC(=O)OCC)c2ccccc2)C3(C)C1(C)C. The average Bonchev–Trinajstić information content (AvgIpc) is 3.53. The molecule has 2 aromatic carbocycles. The number of alkyl carbamates (subject to hydrolysis) is 1. The van der Waals surface area contributed by atoms with Crippen molar-refractivity contribution in [1.29, 1.82) is 0 Å². The van der Waals surface area contributed by atoms with Crippen molar-refractivity contribution in [3.05, 3.63) is 77.9 Å². The molecule has 6 rings (SSSR count). The van der Waals surface area contributed by atoms with Gasteiger partial charge in [0, 0.05) is 17.8 Å². The number of nitrogens with one attached hydrogen (secondary N) is 1. The molecule has 3 fully saturated rings. The molecule has 1 saturated heterocycles. The number of fused-ring (bicyclic) bond motifs is 3. The molecule has 0 radical (unpaired) electrons. The van der Waals surface area contributed by atoms with Gasteiger partial charge in [-0.2, -0.15) is 0 Å². The zero-order valence-corrected chi connectivity index (χ0v) is 22.3. The normalized spacial score (nSPS) is 34.8. The molecule has 1 heterocycles. The van der Waals surface area contributed by atoms with Gasteiger partial charge in [0.15, 0.2) is 6.10 Å². The summed E-state index contributed by atoms with van der Waals surface area (Å²) in [5.41, 5.74) is 2.32. The van der Waals surface area contributed by atoms with Crippen LogP contribution in [0.4, 0.5) is 4.79 Å². The summed E-state index contributed by atoms with van der Waals surface area (Å²) in [5.74, 6) is -0.644. The fourth-order valence-electron chi connectivity index (χ4n) is 8.21. The number of aliphatic hydroxyl groups excluding tert-OH is 1. The van der Waals surface area contributed by atoms with Gasteiger partial charge in [-0.15, -0.1) is 0 Å². The number of epoxide rings is 1. The van der Waals surface area contributed by atoms with E-state index in [0.717, 1.165) is 11.1 Å². The molecule has 3 unspecified atom stereocenters. The van der Waals surface area contributed by atoms with Crippen molar-refractivity contribution in [1.82, 2.24) is 5.32 Å². The fourth-order valence-corrected chi connectivity index (χ4v) is 8.21. The lowest BCUT2D eigenvalue weighted by Crippen LogP contribution is -2.53. The van der Waals surface area contributed by atoms with E-state index in [1.807, 2.05) is 18.2 Å². The van der Waals surface area contributed by atoms with E-state index in [1.165, 1.54) is 5.56 Å². The second-order valence-corrected chi connectivity index (χ2v) is 11.8. The van der Waals surface area contributed by atoms with Crippen LogP contribution in [0.2, 0.25) is 0 Å². The summed E-state index contributed by atoms with van der Waals surface area (Å²) in [7, 11) is 0. The number of carbonyl (C=O) groups excluding carboxylic acids is 2. The number of esters is 1. The van der Waals surface area contributed by atoms with Crippen LogP contribution in [-0.4, -0.2) is 41.6 Å². The lowest BCUT2D eigenvalue weighted by atomic mass is 9.59. The van der Waals surface area contributed by atoms with E-state index in [2.05, 4.69) is 44.8 Å². The van der Waals surface area contributed by atoms with Crippen LogP contribution < -0.4 is 5.32 Å². The molecule has 2 saturated carbocycles. The summed E-state index contributed by atoms with van der Waals surface area (Å²) < 4.78 is 18.0. The first-order valence-corrected chi connectivity index (χ1v) is 13.4. The van der Waals surface area contributed by atoms with Crippen LogP contribution in [0.25, 0.3) is 5.57 Å². The fraction of sp³-hybridized carbons (Fsp3) is 0.484. The minimum absolute atomic E-state index is 0.131. The number of aliphatic hydroxyl groups is 1. The van der Waals surface area contributed by atoms with Gasteiger partial charge in [0.25, 0.3) is 0 Å². The summed E-state index contributed by atoms with van der Waals surface area (Å²) in [5, 5.41) is 13.8. The Kier molecular flexibility index (Phi) is 5.40. The molecule has 0 spiro atoms. The van der Waals surface area contributed by atoms with Gasteiger partial charge in [0.1, 0.15) is 17.3 Å². The molecular formula is C31H35NO6. The maximum atomic E-state index is 13.5. The molecular weight excluding hydrogens is 482 g/mol. The van der Waals surface area contributed by atoms with Crippen molar-refractivity contribution in [3.63, 3.8) is 0 Å². The average molecular weight is 518 g/mol. The smallest absolute Gasteiger partial charge is 0.407 e. The van der Waals surface area contributed by atoms with Crippen molar-refractivity contribution in [2.45, 2.75) is 70.0 Å². The highest BCUT2D eigenvalue weighted by molar-refractivity contribution is 5.79. The summed E-state index contributed by atoms with van der Waals surface area (Å²) in [4.78, 5) is 25.8. The van der Waals surface area contributed by atoms with Crippen LogP contribution >= 0.6 is 0 Å². The molecule has 2 N–H and O–H groups in total. The molecule has 1 aliphatic heterocycles. The van der Waals surface area contributed by atoms with E-state index in [-0.39, 0.29) is 17.9 Å². The van der Waals surface area contributed by atoms with Crippen LogP contribution in [0.5, 0.6) is 0 Å². The molecule has 200 valence electrons. The van der Waals surface area contributed by atoms with Gasteiger partial charge in [0.2, 0.25) is 0 Å². The third kappa shape index (κ3) is 2.92. The standard InChI is InChI=1S/C31H35NO6/c1-6-36-27(35)32-24(19-12-8-7-9-13-19)25(33)26(34)37-23-16-22-28(3,4)29(23,5)30-17-18(2)20-14-10-11-15-21(20)31(22,30)38-30/h7-15,22-25,33H,2,6,16-17H2,1,3-5H3,(H,32,35)/t22?,23?,24-,25+,29?,30-,31+/m0/s1. The van der Waals surface area contributed by atoms with Gasteiger partial charge in [-0.25, -0.2) is 9.59 Å². The van der Waals surface area contributed by atoms with Crippen LogP contribution in [0.3, 0.4) is 0 Å². The van der Waals surface area contributed by atoms with Crippen molar-refractivity contribution in [3.8, 4) is 0 Å². The highest BCUT2D eigenvalue weighted by atomic mass is 16.6. The first kappa shape index (κ1) is 25.1. The van der Waals surface area contributed by atoms with Gasteiger partial charge in [-0.05, 0) is 41.0 Å². The Morgan fingerprint density at radius 2 is 1.82 bits per heavy atom. The van der Waals surface area contributed by atoms with Crippen molar-refractivity contribution < 1.29 is 28.9 Å². The molecule has 7 nitrogen and oxygen atoms in total. The second-order valence-electron chi connectivity index (χ2n) is 11.8. The largest absolute Gasteiger partial charge is 0.460 e. The highest BCUT2D eigenvalue weighted by Crippen LogP contribution is 2.89. The number of ether oxygens (including phenoxy) is 3. The van der Waals surface area contributed by atoms with Gasteiger partial charge in [-0.1, -0.05) is 81.9 Å². The first-order valence-electron chi connectivity index (χ1n) is 13.4. The maximum Gasteiger partial charge on any atom is 0.407 e. The number of hydrogen-bond donors (Lipinski definition) is 2. The van der Waals surface area contributed by atoms with E-state index in [9.17, 15) is 14.7 Å². The minimum atomic E-state index is -1.61. The number of hydrogen-bond acceptors (Lipinski definition) is 6. The Morgan fingerprint density at radius 1 is 1.13 bits per heavy atom. The Labute approximate surface area is 223 Å². The van der Waals surface area contributed by atoms with E-state index < -0.39 is 46.9 Å². The first-order chi connectivity index (χ1) is 18.0. The Balaban J connectivity index is 1.30. The molecule has 38 heavy (non-hydrogen) atoms. The highest BCUT2D eigenvalue weighted by Gasteiger charge is 2.95. The van der Waals surface area contributed by atoms with Crippen molar-refractivity contribution in [2.24, 2.45) is 16.7 Å². The van der Waals surface area contributed by atoms with E-state index in [0.29, 0.717) is 18.4 Å². The predicted octanol–water partition coefficient (Wildman–Crippen LogP) is 4.89. The summed E-state index contributed by atoms with van der Waals surface area (Å²) in [6.45, 7) is 12.9. The van der Waals surface area contributed by atoms with E-state index >= 15 is 0 Å². The van der Waals surface area contributed by atoms with Crippen LogP contribution in [0.15, 0.2) is 61.2 Å². The summed E-state index contributed by atoms with van der Waals surface area (Å²) >= 11 is 0. The predicted molar refractivity (Wildman–Crippen MR) is 141 cm³/mol.